The first-order valence-corrected chi connectivity index (χ1v) is 12.8. The second-order valence-electron chi connectivity index (χ2n) is 8.80. The number of rotatable bonds is 10. The Kier molecular flexibility index (Phi) is 8.75. The Morgan fingerprint density at radius 3 is 2.58 bits per heavy atom. The minimum absolute atomic E-state index is 0.163. The van der Waals surface area contributed by atoms with Crippen molar-refractivity contribution in [2.24, 2.45) is 0 Å². The lowest BCUT2D eigenvalue weighted by Crippen LogP contribution is -2.58. The second kappa shape index (κ2) is 11.2. The molecule has 1 amide bonds. The van der Waals surface area contributed by atoms with Crippen LogP contribution in [0.1, 0.15) is 27.7 Å². The zero-order valence-electron chi connectivity index (χ0n) is 20.2. The van der Waals surface area contributed by atoms with Crippen LogP contribution in [0.3, 0.4) is 0 Å². The summed E-state index contributed by atoms with van der Waals surface area (Å²) in [6.45, 7) is 5.17. The highest BCUT2D eigenvalue weighted by Gasteiger charge is 2.57. The number of amides is 1. The van der Waals surface area contributed by atoms with E-state index in [4.69, 9.17) is 18.5 Å². The van der Waals surface area contributed by atoms with Gasteiger partial charge in [0.15, 0.2) is 11.9 Å². The van der Waals surface area contributed by atoms with Gasteiger partial charge in [0, 0.05) is 12.3 Å². The van der Waals surface area contributed by atoms with Crippen molar-refractivity contribution in [2.75, 3.05) is 6.61 Å². The Bertz CT molecular complexity index is 1010. The standard InChI is InChI=1S/C22H31FN3O9P/c1-13(2)33-19(29)14(3)25-36(31,35-15-8-6-5-7-9-15)32-12-16-18(28)22(4,23)20(34-16)26-11-10-17(27)24-21(26)30/h5-11,13-14,16,18,20-21,28,30H,12H2,1-4H3,(H,24,27)(H,25,31)/t14?,16-,18-,20-,21?,22-,36?/m1/s1. The third-order valence-electron chi connectivity index (χ3n) is 5.37. The molecule has 2 heterocycles. The van der Waals surface area contributed by atoms with Gasteiger partial charge in [0.2, 0.25) is 12.3 Å². The molecule has 0 spiro atoms. The first-order chi connectivity index (χ1) is 16.8. The first-order valence-electron chi connectivity index (χ1n) is 11.3. The van der Waals surface area contributed by atoms with Crippen LogP contribution in [0.5, 0.6) is 5.75 Å². The van der Waals surface area contributed by atoms with Crippen LogP contribution in [-0.4, -0.2) is 76.2 Å². The van der Waals surface area contributed by atoms with Gasteiger partial charge in [-0.2, -0.15) is 5.09 Å². The molecule has 36 heavy (non-hydrogen) atoms. The third kappa shape index (κ3) is 6.61. The Morgan fingerprint density at radius 1 is 1.31 bits per heavy atom. The summed E-state index contributed by atoms with van der Waals surface area (Å²) in [4.78, 5) is 24.6. The van der Waals surface area contributed by atoms with Crippen molar-refractivity contribution in [3.63, 3.8) is 0 Å². The number of benzene rings is 1. The van der Waals surface area contributed by atoms with Crippen LogP contribution in [0.15, 0.2) is 42.6 Å². The molecule has 0 radical (unpaired) electrons. The molecular formula is C22H31FN3O9P. The van der Waals surface area contributed by atoms with Crippen molar-refractivity contribution in [3.8, 4) is 5.75 Å². The SMILES string of the molecule is CC(C)OC(=O)C(C)NP(=O)(OC[C@H]1O[C@@H](N2C=CC(=O)NC2O)[C@](C)(F)[C@@H]1O)Oc1ccccc1. The van der Waals surface area contributed by atoms with Gasteiger partial charge in [0.25, 0.3) is 0 Å². The smallest absolute Gasteiger partial charge is 0.459 e. The maximum Gasteiger partial charge on any atom is 0.459 e. The van der Waals surface area contributed by atoms with E-state index in [9.17, 15) is 24.4 Å². The van der Waals surface area contributed by atoms with Gasteiger partial charge in [0.1, 0.15) is 24.0 Å². The maximum atomic E-state index is 15.5. The van der Waals surface area contributed by atoms with E-state index in [0.29, 0.717) is 0 Å². The van der Waals surface area contributed by atoms with E-state index in [2.05, 4.69) is 10.4 Å². The number of esters is 1. The van der Waals surface area contributed by atoms with Gasteiger partial charge in [-0.3, -0.25) is 14.1 Å². The van der Waals surface area contributed by atoms with Crippen LogP contribution in [-0.2, 0) is 28.2 Å². The first kappa shape index (κ1) is 28.0. The number of para-hydroxylation sites is 1. The van der Waals surface area contributed by atoms with E-state index in [-0.39, 0.29) is 5.75 Å². The number of hydrogen-bond donors (Lipinski definition) is 4. The molecule has 0 saturated carbocycles. The number of aliphatic hydroxyl groups is 2. The highest BCUT2D eigenvalue weighted by Crippen LogP contribution is 2.46. The summed E-state index contributed by atoms with van der Waals surface area (Å²) >= 11 is 0. The van der Waals surface area contributed by atoms with Crippen LogP contribution in [0, 0.1) is 0 Å². The lowest BCUT2D eigenvalue weighted by molar-refractivity contribution is -0.158. The van der Waals surface area contributed by atoms with Gasteiger partial charge >= 0.3 is 13.7 Å². The molecule has 3 unspecified atom stereocenters. The highest BCUT2D eigenvalue weighted by molar-refractivity contribution is 7.52. The average Bonchev–Trinajstić information content (AvgIpc) is 3.01. The van der Waals surface area contributed by atoms with Gasteiger partial charge in [-0.25, -0.2) is 8.96 Å². The second-order valence-corrected chi connectivity index (χ2v) is 10.5. The minimum Gasteiger partial charge on any atom is -0.462 e. The monoisotopic (exact) mass is 531 g/mol. The molecule has 1 aromatic carbocycles. The number of alkyl halides is 1. The molecule has 1 fully saturated rings. The summed E-state index contributed by atoms with van der Waals surface area (Å²) in [6, 6.07) is 6.91. The Hall–Kier alpha value is -2.54. The van der Waals surface area contributed by atoms with E-state index in [1.165, 1.54) is 19.1 Å². The molecule has 0 aromatic heterocycles. The molecule has 14 heteroatoms. The molecule has 1 saturated heterocycles. The van der Waals surface area contributed by atoms with Crippen LogP contribution < -0.4 is 14.9 Å². The number of carbonyl (C=O) groups is 2. The van der Waals surface area contributed by atoms with Crippen molar-refractivity contribution >= 4 is 19.6 Å². The van der Waals surface area contributed by atoms with Crippen LogP contribution in [0.2, 0.25) is 0 Å². The topological polar surface area (TPSA) is 156 Å². The van der Waals surface area contributed by atoms with Gasteiger partial charge in [-0.15, -0.1) is 0 Å². The molecule has 200 valence electrons. The molecule has 1 aromatic rings. The third-order valence-corrected chi connectivity index (χ3v) is 7.02. The van der Waals surface area contributed by atoms with Crippen LogP contribution in [0.25, 0.3) is 0 Å². The number of nitrogens with one attached hydrogen (secondary N) is 2. The average molecular weight is 531 g/mol. The fourth-order valence-corrected chi connectivity index (χ4v) is 5.07. The molecule has 12 nitrogen and oxygen atoms in total. The summed E-state index contributed by atoms with van der Waals surface area (Å²) in [7, 11) is -4.29. The van der Waals surface area contributed by atoms with Crippen molar-refractivity contribution in [1.29, 1.82) is 0 Å². The molecule has 0 bridgehead atoms. The fraction of sp³-hybridized carbons (Fsp3) is 0.545. The summed E-state index contributed by atoms with van der Waals surface area (Å²) in [5.74, 6) is -1.13. The van der Waals surface area contributed by atoms with Gasteiger partial charge in [0.05, 0.1) is 12.7 Å². The molecular weight excluding hydrogens is 500 g/mol. The Morgan fingerprint density at radius 2 is 1.97 bits per heavy atom. The van der Waals surface area contributed by atoms with Gasteiger partial charge < -0.3 is 34.4 Å². The number of nitrogens with zero attached hydrogens (tertiary/aromatic N) is 1. The number of aliphatic hydroxyl groups excluding tert-OH is 2. The van der Waals surface area contributed by atoms with E-state index < -0.39 is 68.8 Å². The number of ether oxygens (including phenoxy) is 2. The maximum absolute atomic E-state index is 15.5. The van der Waals surface area contributed by atoms with E-state index in [1.54, 1.807) is 32.0 Å². The van der Waals surface area contributed by atoms with Crippen LogP contribution in [0.4, 0.5) is 4.39 Å². The molecule has 3 rings (SSSR count). The van der Waals surface area contributed by atoms with Crippen molar-refractivity contribution in [3.05, 3.63) is 42.6 Å². The van der Waals surface area contributed by atoms with Gasteiger partial charge in [-0.1, -0.05) is 18.2 Å². The molecule has 0 aliphatic carbocycles. The summed E-state index contributed by atoms with van der Waals surface area (Å²) in [5.41, 5.74) is -2.42. The summed E-state index contributed by atoms with van der Waals surface area (Å²) in [6.07, 6.45) is -4.46. The molecule has 2 aliphatic heterocycles. The molecule has 2 aliphatic rings. The summed E-state index contributed by atoms with van der Waals surface area (Å²) < 4.78 is 50.8. The largest absolute Gasteiger partial charge is 0.462 e. The predicted molar refractivity (Wildman–Crippen MR) is 124 cm³/mol. The highest BCUT2D eigenvalue weighted by atomic mass is 31.2. The normalized spacial score (nSPS) is 30.6. The van der Waals surface area contributed by atoms with E-state index in [1.807, 2.05) is 0 Å². The van der Waals surface area contributed by atoms with Crippen LogP contribution >= 0.6 is 7.75 Å². The Labute approximate surface area is 207 Å². The van der Waals surface area contributed by atoms with Gasteiger partial charge in [-0.05, 0) is 39.8 Å². The predicted octanol–water partition coefficient (Wildman–Crippen LogP) is 1.16. The minimum atomic E-state index is -4.29. The zero-order valence-corrected chi connectivity index (χ0v) is 21.1. The fourth-order valence-electron chi connectivity index (χ4n) is 3.57. The van der Waals surface area contributed by atoms with Crippen molar-refractivity contribution in [2.45, 2.75) is 70.3 Å². The number of carbonyl (C=O) groups excluding carboxylic acids is 2. The Balaban J connectivity index is 1.75. The van der Waals surface area contributed by atoms with E-state index >= 15 is 4.39 Å². The lowest BCUT2D eigenvalue weighted by Gasteiger charge is -2.37. The molecule has 4 N–H and O–H groups in total. The molecule has 7 atom stereocenters. The van der Waals surface area contributed by atoms with Crippen molar-refractivity contribution < 1.29 is 47.3 Å². The zero-order chi connectivity index (χ0) is 26.7. The van der Waals surface area contributed by atoms with Crippen molar-refractivity contribution in [1.82, 2.24) is 15.3 Å². The lowest BCUT2D eigenvalue weighted by atomic mass is 9.98. The number of halogens is 1. The number of hydrogen-bond acceptors (Lipinski definition) is 10. The quantitative estimate of drug-likeness (QED) is 0.254. The van der Waals surface area contributed by atoms with E-state index in [0.717, 1.165) is 24.1 Å². The summed E-state index contributed by atoms with van der Waals surface area (Å²) in [5, 5.41) is 25.4.